The topological polar surface area (TPSA) is 23.3 Å². The van der Waals surface area contributed by atoms with E-state index in [0.29, 0.717) is 11.1 Å². The second kappa shape index (κ2) is 33.6. The van der Waals surface area contributed by atoms with E-state index in [1.54, 1.807) is 60.4 Å². The van der Waals surface area contributed by atoms with Crippen molar-refractivity contribution in [3.05, 3.63) is 319 Å². The van der Waals surface area contributed by atoms with Crippen LogP contribution >= 0.6 is 0 Å². The molecule has 6 heterocycles. The van der Waals surface area contributed by atoms with E-state index in [-0.39, 0.29) is 5.56 Å². The fourth-order valence-corrected chi connectivity index (χ4v) is 12.2. The van der Waals surface area contributed by atoms with Crippen LogP contribution in [0.1, 0.15) is 113 Å². The predicted molar refractivity (Wildman–Crippen MR) is 404 cm³/mol. The average Bonchev–Trinajstić information content (AvgIpc) is 0.807. The molecule has 0 spiro atoms. The highest BCUT2D eigenvalue weighted by molar-refractivity contribution is 5.67. The Labute approximate surface area is 590 Å². The minimum atomic E-state index is -2.14. The Morgan fingerprint density at radius 2 is 0.542 bits per heavy atom. The van der Waals surface area contributed by atoms with Gasteiger partial charge in [0.2, 0.25) is 34.2 Å². The summed E-state index contributed by atoms with van der Waals surface area (Å²) in [5.74, 6) is 0. The number of hydrogen-bond donors (Lipinski definition) is 0. The highest BCUT2D eigenvalue weighted by Gasteiger charge is 2.19. The zero-order valence-electron chi connectivity index (χ0n) is 70.0. The molecule has 96 heavy (non-hydrogen) atoms. The third-order valence-corrected chi connectivity index (χ3v) is 17.5. The van der Waals surface area contributed by atoms with Crippen LogP contribution in [0.4, 0.5) is 0 Å². The summed E-state index contributed by atoms with van der Waals surface area (Å²) in [4.78, 5) is 0. The van der Waals surface area contributed by atoms with Crippen LogP contribution in [-0.4, -0.2) is 0 Å². The Morgan fingerprint density at radius 3 is 0.958 bits per heavy atom. The highest BCUT2D eigenvalue weighted by Crippen LogP contribution is 2.28. The predicted octanol–water partition coefficient (Wildman–Crippen LogP) is 18.6. The summed E-state index contributed by atoms with van der Waals surface area (Å²) in [5.41, 5.74) is 34.2. The first-order chi connectivity index (χ1) is 49.1. The van der Waals surface area contributed by atoms with Gasteiger partial charge in [0.05, 0.1) is 5.56 Å². The molecule has 0 unspecified atom stereocenters. The monoisotopic (exact) mass is 1280 g/mol. The van der Waals surface area contributed by atoms with Crippen molar-refractivity contribution in [2.24, 2.45) is 42.3 Å². The summed E-state index contributed by atoms with van der Waals surface area (Å²) >= 11 is 0. The maximum absolute atomic E-state index is 7.45. The Hall–Kier alpha value is -9.78. The Balaban J connectivity index is 0.000000177. The molecule has 0 N–H and O–H groups in total. The molecule has 0 amide bonds. The van der Waals surface area contributed by atoms with Crippen LogP contribution in [0.5, 0.6) is 0 Å². The van der Waals surface area contributed by atoms with Crippen molar-refractivity contribution in [3.8, 4) is 67.5 Å². The van der Waals surface area contributed by atoms with Gasteiger partial charge in [0.25, 0.3) is 0 Å². The molecule has 6 nitrogen and oxygen atoms in total. The zero-order chi connectivity index (χ0) is 77.7. The molecule has 0 aliphatic carbocycles. The maximum Gasteiger partial charge on any atom is 0.212 e. The van der Waals surface area contributed by atoms with Crippen molar-refractivity contribution in [1.29, 1.82) is 0 Å². The summed E-state index contributed by atoms with van der Waals surface area (Å²) in [5, 5.41) is 0. The second-order valence-electron chi connectivity index (χ2n) is 26.1. The molecule has 6 heteroatoms. The van der Waals surface area contributed by atoms with Gasteiger partial charge in [-0.2, -0.15) is 4.57 Å². The van der Waals surface area contributed by atoms with Crippen LogP contribution in [0.3, 0.4) is 0 Å². The van der Waals surface area contributed by atoms with Crippen molar-refractivity contribution in [1.82, 2.24) is 0 Å². The third-order valence-electron chi connectivity index (χ3n) is 17.5. The van der Waals surface area contributed by atoms with Gasteiger partial charge in [-0.15, -0.1) is 0 Å². The normalized spacial score (nSPS) is 12.3. The van der Waals surface area contributed by atoms with Crippen molar-refractivity contribution in [2.45, 2.75) is 124 Å². The van der Waals surface area contributed by atoms with Gasteiger partial charge in [-0.25, -0.2) is 22.8 Å². The van der Waals surface area contributed by atoms with Crippen molar-refractivity contribution >= 4 is 0 Å². The van der Waals surface area contributed by atoms with Gasteiger partial charge in [0.15, 0.2) is 36.7 Å². The van der Waals surface area contributed by atoms with Crippen molar-refractivity contribution < 1.29 is 39.7 Å². The number of benzene rings is 6. The average molecular weight is 1280 g/mol. The SMILES string of the molecule is Cc1cc(C)[n+](C)c(-c2ccccc2C)c1.Cc1ccc(-c2c(C)cccc2C)[n+](C)c1.Cc1ccc(-c2ccc(C)c[n+]2C)c(C)c1.Cc1ccc(C)c(-c2ccc(C)c[n+]2C)c1.[2H]C([2H])([2H])c1ccc(-c2cc(C)ccc2C)[n+](C)c1.[2H]C([2H])([2H])c1ccc(-c2ccc(C([2H])([2H])[2H])c[n+]2C)c(C)c1. The summed E-state index contributed by atoms with van der Waals surface area (Å²) in [6.07, 6.45) is 9.76. The number of aromatic nitrogens is 6. The van der Waals surface area contributed by atoms with E-state index >= 15 is 0 Å². The van der Waals surface area contributed by atoms with Gasteiger partial charge >= 0.3 is 0 Å². The summed E-state index contributed by atoms with van der Waals surface area (Å²) in [6.45, 7) is 25.4. The third kappa shape index (κ3) is 19.7. The van der Waals surface area contributed by atoms with Gasteiger partial charge < -0.3 is 0 Å². The minimum absolute atomic E-state index is 0.274. The molecule has 0 saturated carbocycles. The van der Waals surface area contributed by atoms with Gasteiger partial charge in [0, 0.05) is 117 Å². The lowest BCUT2D eigenvalue weighted by atomic mass is 9.99. The van der Waals surface area contributed by atoms with Gasteiger partial charge in [-0.05, 0) is 223 Å². The van der Waals surface area contributed by atoms with E-state index in [0.717, 1.165) is 28.1 Å². The molecule has 492 valence electrons. The molecule has 12 rings (SSSR count). The number of hydrogen-bond acceptors (Lipinski definition) is 0. The molecule has 0 radical (unpaired) electrons. The van der Waals surface area contributed by atoms with Gasteiger partial charge in [-0.1, -0.05) is 107 Å². The summed E-state index contributed by atoms with van der Waals surface area (Å²) in [7, 11) is 12.1. The molecular weight excluding hydrogens is 1170 g/mol. The molecule has 0 bridgehead atoms. The molecule has 0 fully saturated rings. The van der Waals surface area contributed by atoms with Crippen LogP contribution < -0.4 is 27.4 Å². The molecule has 0 aliphatic heterocycles. The van der Waals surface area contributed by atoms with Gasteiger partial charge in [0.1, 0.15) is 42.3 Å². The summed E-state index contributed by atoms with van der Waals surface area (Å²) in [6, 6.07) is 63.9. The van der Waals surface area contributed by atoms with E-state index in [1.165, 1.54) is 123 Å². The van der Waals surface area contributed by atoms with E-state index in [9.17, 15) is 0 Å². The Morgan fingerprint density at radius 1 is 0.219 bits per heavy atom. The van der Waals surface area contributed by atoms with Crippen LogP contribution in [-0.2, 0) is 42.3 Å². The van der Waals surface area contributed by atoms with E-state index < -0.39 is 20.6 Å². The molecule has 0 saturated heterocycles. The quantitative estimate of drug-likeness (QED) is 0.148. The number of nitrogens with zero attached hydrogens (tertiary/aromatic N) is 6. The molecule has 0 aliphatic rings. The number of aryl methyl sites for hydroxylation is 23. The van der Waals surface area contributed by atoms with E-state index in [4.69, 9.17) is 12.3 Å². The Bertz CT molecular complexity index is 4930. The van der Waals surface area contributed by atoms with E-state index in [2.05, 4.69) is 308 Å². The Kier molecular flexibility index (Phi) is 21.4. The summed E-state index contributed by atoms with van der Waals surface area (Å²) < 4.78 is 79.4. The lowest BCUT2D eigenvalue weighted by Gasteiger charge is -2.07. The van der Waals surface area contributed by atoms with Crippen LogP contribution in [0.2, 0.25) is 0 Å². The molecular formula is C90H108N6+6. The van der Waals surface area contributed by atoms with Crippen LogP contribution in [0.25, 0.3) is 67.5 Å². The second-order valence-corrected chi connectivity index (χ2v) is 26.1. The van der Waals surface area contributed by atoms with E-state index in [1.807, 2.05) is 24.6 Å². The molecule has 6 aromatic heterocycles. The molecule has 12 aromatic rings. The van der Waals surface area contributed by atoms with Gasteiger partial charge in [-0.3, -0.25) is 0 Å². The maximum atomic E-state index is 7.45. The zero-order valence-corrected chi connectivity index (χ0v) is 61.0. The van der Waals surface area contributed by atoms with Crippen LogP contribution in [0, 0.1) is 124 Å². The largest absolute Gasteiger partial charge is 0.212 e. The fraction of sp³-hybridized carbons (Fsp3) is 0.267. The smallest absolute Gasteiger partial charge is 0.201 e. The first-order valence-corrected chi connectivity index (χ1v) is 33.0. The lowest BCUT2D eigenvalue weighted by molar-refractivity contribution is -0.666. The molecule has 6 aromatic carbocycles. The molecule has 0 atom stereocenters. The fourth-order valence-electron chi connectivity index (χ4n) is 12.2. The first-order valence-electron chi connectivity index (χ1n) is 37.5. The van der Waals surface area contributed by atoms with Crippen LogP contribution in [0.15, 0.2) is 219 Å². The van der Waals surface area contributed by atoms with Crippen molar-refractivity contribution in [3.63, 3.8) is 0 Å². The highest BCUT2D eigenvalue weighted by atomic mass is 15.0. The number of pyridine rings is 6. The minimum Gasteiger partial charge on any atom is -0.201 e. The van der Waals surface area contributed by atoms with Crippen molar-refractivity contribution in [2.75, 3.05) is 0 Å². The number of rotatable bonds is 6. The lowest BCUT2D eigenvalue weighted by Crippen LogP contribution is -2.34. The standard InChI is InChI=1S/6C15H18N/c2*1-11-5-7-14(13(3)9-11)15-8-6-12(2)10-16(15)4;2*1-11-5-7-13(3)14(9-11)15-8-6-12(2)10-16(15)4;1-11-8-9-14(16(4)10-11)15-12(2)6-5-7-13(15)3;1-11-9-13(3)16(4)15(10-11)14-8-6-5-7-12(14)2/h6*5-10H,1-4H3/q6*+1/i1D3,2D3;;2D3;;;. The first kappa shape index (κ1) is 61.1.